The molecule has 0 amide bonds. The summed E-state index contributed by atoms with van der Waals surface area (Å²) in [5, 5.41) is 2.21. The average Bonchev–Trinajstić information content (AvgIpc) is 2.95. The summed E-state index contributed by atoms with van der Waals surface area (Å²) in [5.74, 6) is 0. The Balaban J connectivity index is 2.01. The van der Waals surface area contributed by atoms with E-state index in [1.54, 1.807) is 6.20 Å². The van der Waals surface area contributed by atoms with Gasteiger partial charge in [0, 0.05) is 42.0 Å². The first kappa shape index (κ1) is 15.0. The van der Waals surface area contributed by atoms with E-state index in [4.69, 9.17) is 4.42 Å². The van der Waals surface area contributed by atoms with Crippen molar-refractivity contribution >= 4 is 21.9 Å². The number of aryl methyl sites for hydroxylation is 1. The first-order chi connectivity index (χ1) is 11.5. The van der Waals surface area contributed by atoms with E-state index < -0.39 is 0 Å². The van der Waals surface area contributed by atoms with Crippen LogP contribution < -0.4 is 0 Å². The van der Waals surface area contributed by atoms with Gasteiger partial charge in [-0.3, -0.25) is 4.98 Å². The van der Waals surface area contributed by atoms with E-state index in [1.165, 1.54) is 16.7 Å². The molecule has 3 aromatic rings. The van der Waals surface area contributed by atoms with Crippen molar-refractivity contribution < 1.29 is 4.42 Å². The first-order valence-corrected chi connectivity index (χ1v) is 8.44. The molecule has 0 saturated carbocycles. The monoisotopic (exact) mass is 318 g/mol. The molecule has 0 spiro atoms. The highest BCUT2D eigenvalue weighted by Gasteiger charge is 2.34. The van der Waals surface area contributed by atoms with E-state index in [2.05, 4.69) is 68.2 Å². The Hall–Kier alpha value is -2.55. The number of hydrogen-bond donors (Lipinski definition) is 0. The number of hydrogen-bond acceptors (Lipinski definition) is 3. The maximum Gasteiger partial charge on any atom is 0.141 e. The summed E-state index contributed by atoms with van der Waals surface area (Å²) in [4.78, 5) is 6.55. The molecule has 1 unspecified atom stereocenters. The summed E-state index contributed by atoms with van der Waals surface area (Å²) >= 11 is 0. The zero-order valence-corrected chi connectivity index (χ0v) is 14.6. The van der Waals surface area contributed by atoms with Crippen molar-refractivity contribution in [2.45, 2.75) is 32.7 Å². The van der Waals surface area contributed by atoms with Crippen molar-refractivity contribution in [1.82, 2.24) is 9.88 Å². The quantitative estimate of drug-likeness (QED) is 0.642. The Kier molecular flexibility index (Phi) is 3.27. The van der Waals surface area contributed by atoms with Gasteiger partial charge in [0.2, 0.25) is 0 Å². The average molecular weight is 318 g/mol. The van der Waals surface area contributed by atoms with Crippen molar-refractivity contribution in [2.75, 3.05) is 7.05 Å². The predicted octanol–water partition coefficient (Wildman–Crippen LogP) is 5.30. The Morgan fingerprint density at radius 3 is 2.79 bits per heavy atom. The van der Waals surface area contributed by atoms with Gasteiger partial charge in [-0.05, 0) is 37.5 Å². The fourth-order valence-electron chi connectivity index (χ4n) is 3.69. The molecule has 0 fully saturated rings. The summed E-state index contributed by atoms with van der Waals surface area (Å²) in [6.07, 6.45) is 11.5. The molecule has 1 aliphatic rings. The van der Waals surface area contributed by atoms with Gasteiger partial charge in [0.15, 0.2) is 0 Å². The van der Waals surface area contributed by atoms with Crippen LogP contribution in [0, 0.1) is 6.92 Å². The summed E-state index contributed by atoms with van der Waals surface area (Å²) in [6.45, 7) is 6.59. The number of allylic oxidation sites excluding steroid dienone is 2. The lowest BCUT2D eigenvalue weighted by Gasteiger charge is -2.40. The van der Waals surface area contributed by atoms with E-state index >= 15 is 0 Å². The molecule has 0 radical (unpaired) electrons. The lowest BCUT2D eigenvalue weighted by molar-refractivity contribution is 0.258. The molecule has 3 nitrogen and oxygen atoms in total. The maximum absolute atomic E-state index is 6.26. The number of benzene rings is 1. The van der Waals surface area contributed by atoms with Crippen molar-refractivity contribution in [3.63, 3.8) is 0 Å². The maximum atomic E-state index is 6.26. The second-order valence-corrected chi connectivity index (χ2v) is 6.76. The number of fused-ring (bicyclic) bond motifs is 3. The van der Waals surface area contributed by atoms with Crippen LogP contribution in [0.1, 0.15) is 31.4 Å². The third kappa shape index (κ3) is 2.01. The van der Waals surface area contributed by atoms with E-state index in [0.29, 0.717) is 0 Å². The van der Waals surface area contributed by atoms with Crippen LogP contribution in [0.3, 0.4) is 0 Å². The van der Waals surface area contributed by atoms with Crippen molar-refractivity contribution in [3.05, 3.63) is 65.6 Å². The minimum atomic E-state index is -0.233. The Morgan fingerprint density at radius 2 is 2.04 bits per heavy atom. The van der Waals surface area contributed by atoms with Crippen LogP contribution in [-0.2, 0) is 5.54 Å². The highest BCUT2D eigenvalue weighted by atomic mass is 16.3. The highest BCUT2D eigenvalue weighted by molar-refractivity contribution is 6.06. The van der Waals surface area contributed by atoms with Crippen molar-refractivity contribution in [3.8, 4) is 0 Å². The molecule has 1 aliphatic heterocycles. The number of pyridine rings is 1. The molecule has 122 valence electrons. The molecule has 0 N–H and O–H groups in total. The van der Waals surface area contributed by atoms with Gasteiger partial charge < -0.3 is 9.32 Å². The predicted molar refractivity (Wildman–Crippen MR) is 98.9 cm³/mol. The molecular weight excluding hydrogens is 296 g/mol. The summed E-state index contributed by atoms with van der Waals surface area (Å²) in [7, 11) is 2.14. The lowest BCUT2D eigenvalue weighted by atomic mass is 9.83. The smallest absolute Gasteiger partial charge is 0.141 e. The largest absolute Gasteiger partial charge is 0.456 e. The summed E-state index contributed by atoms with van der Waals surface area (Å²) in [5.41, 5.74) is 5.42. The molecule has 4 rings (SSSR count). The lowest BCUT2D eigenvalue weighted by Crippen LogP contribution is -2.38. The zero-order chi connectivity index (χ0) is 16.9. The second-order valence-electron chi connectivity index (χ2n) is 6.76. The summed E-state index contributed by atoms with van der Waals surface area (Å²) in [6, 6.07) is 6.27. The van der Waals surface area contributed by atoms with Crippen molar-refractivity contribution in [1.29, 1.82) is 0 Å². The highest BCUT2D eigenvalue weighted by Crippen LogP contribution is 2.42. The van der Waals surface area contributed by atoms with E-state index in [-0.39, 0.29) is 5.54 Å². The molecule has 3 heteroatoms. The van der Waals surface area contributed by atoms with Crippen LogP contribution in [0.5, 0.6) is 0 Å². The van der Waals surface area contributed by atoms with Crippen LogP contribution >= 0.6 is 0 Å². The molecule has 3 heterocycles. The fraction of sp³-hybridized carbons (Fsp3) is 0.286. The van der Waals surface area contributed by atoms with E-state index in [1.807, 2.05) is 12.3 Å². The number of furan rings is 1. The van der Waals surface area contributed by atoms with E-state index in [0.717, 1.165) is 28.4 Å². The second kappa shape index (κ2) is 5.23. The van der Waals surface area contributed by atoms with Gasteiger partial charge in [-0.2, -0.15) is 0 Å². The van der Waals surface area contributed by atoms with Crippen molar-refractivity contribution in [2.24, 2.45) is 0 Å². The van der Waals surface area contributed by atoms with Crippen LogP contribution in [0.15, 0.2) is 58.9 Å². The van der Waals surface area contributed by atoms with Crippen LogP contribution in [0.2, 0.25) is 0 Å². The number of rotatable bonds is 2. The van der Waals surface area contributed by atoms with Crippen LogP contribution in [-0.4, -0.2) is 16.9 Å². The van der Waals surface area contributed by atoms with Gasteiger partial charge in [0.05, 0.1) is 5.54 Å². The Morgan fingerprint density at radius 1 is 1.21 bits per heavy atom. The Labute approximate surface area is 142 Å². The Bertz CT molecular complexity index is 996. The zero-order valence-electron chi connectivity index (χ0n) is 14.6. The first-order valence-electron chi connectivity index (χ1n) is 8.44. The summed E-state index contributed by atoms with van der Waals surface area (Å²) < 4.78 is 6.26. The molecule has 1 aromatic carbocycles. The molecule has 1 atom stereocenters. The topological polar surface area (TPSA) is 29.3 Å². The molecule has 2 aromatic heterocycles. The van der Waals surface area contributed by atoms with Crippen LogP contribution in [0.4, 0.5) is 0 Å². The minimum absolute atomic E-state index is 0.233. The molecule has 0 bridgehead atoms. The normalized spacial score (nSPS) is 20.8. The standard InChI is InChI=1S/C21H22N2O/c1-5-15-8-10-21(3,23(4)13-15)19-14(2)6-7-16-17-12-22-11-9-18(17)24-20(16)19/h6-13H,5H2,1-4H3. The van der Waals surface area contributed by atoms with Gasteiger partial charge >= 0.3 is 0 Å². The number of nitrogens with zero attached hydrogens (tertiary/aromatic N) is 2. The van der Waals surface area contributed by atoms with Gasteiger partial charge in [0.1, 0.15) is 11.2 Å². The minimum Gasteiger partial charge on any atom is -0.456 e. The van der Waals surface area contributed by atoms with Crippen LogP contribution in [0.25, 0.3) is 21.9 Å². The SMILES string of the molecule is CCC1=CN(C)C(C)(c2c(C)ccc3c2oc2ccncc23)C=C1. The number of likely N-dealkylation sites (N-methyl/N-ethyl adjacent to an activating group) is 1. The molecule has 0 aliphatic carbocycles. The van der Waals surface area contributed by atoms with Gasteiger partial charge in [0.25, 0.3) is 0 Å². The molecule has 0 saturated heterocycles. The fourth-order valence-corrected chi connectivity index (χ4v) is 3.69. The third-order valence-corrected chi connectivity index (χ3v) is 5.28. The van der Waals surface area contributed by atoms with Gasteiger partial charge in [-0.25, -0.2) is 0 Å². The molecular formula is C21H22N2O. The van der Waals surface area contributed by atoms with E-state index in [9.17, 15) is 0 Å². The molecule has 24 heavy (non-hydrogen) atoms. The van der Waals surface area contributed by atoms with Gasteiger partial charge in [-0.1, -0.05) is 31.2 Å². The number of aromatic nitrogens is 1. The third-order valence-electron chi connectivity index (χ3n) is 5.28. The van der Waals surface area contributed by atoms with Gasteiger partial charge in [-0.15, -0.1) is 0 Å².